The molecule has 1 fully saturated rings. The third-order valence-electron chi connectivity index (χ3n) is 2.98. The highest BCUT2D eigenvalue weighted by atomic mass is 35.5. The number of halogens is 1. The Bertz CT molecular complexity index is 370. The van der Waals surface area contributed by atoms with Crippen LogP contribution in [0.2, 0.25) is 5.02 Å². The van der Waals surface area contributed by atoms with Crippen molar-refractivity contribution in [3.8, 4) is 0 Å². The van der Waals surface area contributed by atoms with E-state index in [-0.39, 0.29) is 0 Å². The smallest absolute Gasteiger partial charge is 0.146 e. The van der Waals surface area contributed by atoms with Crippen LogP contribution < -0.4 is 0 Å². The number of benzene rings is 1. The van der Waals surface area contributed by atoms with E-state index in [1.54, 1.807) is 0 Å². The van der Waals surface area contributed by atoms with Gasteiger partial charge < -0.3 is 9.47 Å². The minimum absolute atomic E-state index is 0.435. The number of ether oxygens (including phenoxy) is 2. The second kappa shape index (κ2) is 5.17. The summed E-state index contributed by atoms with van der Waals surface area (Å²) >= 11 is 6.17. The fraction of sp³-hybridized carbons (Fsp3) is 0.538. The summed E-state index contributed by atoms with van der Waals surface area (Å²) in [6, 6.07) is 4.21. The average molecular weight is 241 g/mol. The summed E-state index contributed by atoms with van der Waals surface area (Å²) in [5.41, 5.74) is 3.70. The molecule has 1 aliphatic heterocycles. The summed E-state index contributed by atoms with van der Waals surface area (Å²) in [5.74, 6) is 0.449. The predicted molar refractivity (Wildman–Crippen MR) is 64.9 cm³/mol. The molecule has 1 aromatic carbocycles. The summed E-state index contributed by atoms with van der Waals surface area (Å²) in [5, 5.41) is 0.854. The molecule has 0 aliphatic carbocycles. The molecule has 0 atom stereocenters. The second-order valence-electron chi connectivity index (χ2n) is 4.46. The van der Waals surface area contributed by atoms with E-state index in [1.165, 1.54) is 16.7 Å². The fourth-order valence-corrected chi connectivity index (χ4v) is 2.36. The Balaban J connectivity index is 2.13. The van der Waals surface area contributed by atoms with Gasteiger partial charge in [0.1, 0.15) is 6.79 Å². The molecule has 2 rings (SSSR count). The lowest BCUT2D eigenvalue weighted by Crippen LogP contribution is -2.26. The van der Waals surface area contributed by atoms with Gasteiger partial charge in [-0.15, -0.1) is 0 Å². The lowest BCUT2D eigenvalue weighted by molar-refractivity contribution is -0.125. The predicted octanol–water partition coefficient (Wildman–Crippen LogP) is 3.12. The van der Waals surface area contributed by atoms with Crippen LogP contribution in [-0.2, 0) is 15.9 Å². The molecule has 1 saturated heterocycles. The Hall–Kier alpha value is -0.570. The van der Waals surface area contributed by atoms with Gasteiger partial charge in [0.05, 0.1) is 13.2 Å². The molecule has 0 saturated carbocycles. The van der Waals surface area contributed by atoms with Crippen molar-refractivity contribution in [1.82, 2.24) is 0 Å². The van der Waals surface area contributed by atoms with Crippen molar-refractivity contribution in [1.29, 1.82) is 0 Å². The fourth-order valence-electron chi connectivity index (χ4n) is 2.06. The van der Waals surface area contributed by atoms with E-state index in [2.05, 4.69) is 19.9 Å². The number of hydrogen-bond acceptors (Lipinski definition) is 2. The van der Waals surface area contributed by atoms with Crippen LogP contribution >= 0.6 is 11.6 Å². The molecule has 16 heavy (non-hydrogen) atoms. The Morgan fingerprint density at radius 3 is 2.62 bits per heavy atom. The first-order valence-electron chi connectivity index (χ1n) is 5.58. The standard InChI is InChI=1S/C13H17ClO2/c1-9-3-12(10(2)13(14)4-9)5-11-6-15-8-16-7-11/h3-4,11H,5-8H2,1-2H3. The lowest BCUT2D eigenvalue weighted by atomic mass is 9.95. The first kappa shape index (κ1) is 11.9. The SMILES string of the molecule is Cc1cc(Cl)c(C)c(CC2COCOC2)c1. The van der Waals surface area contributed by atoms with Gasteiger partial charge in [-0.25, -0.2) is 0 Å². The van der Waals surface area contributed by atoms with Crippen molar-refractivity contribution in [2.75, 3.05) is 20.0 Å². The summed E-state index contributed by atoms with van der Waals surface area (Å²) in [6.45, 7) is 6.14. The summed E-state index contributed by atoms with van der Waals surface area (Å²) in [4.78, 5) is 0. The van der Waals surface area contributed by atoms with Gasteiger partial charge in [0, 0.05) is 10.9 Å². The maximum absolute atomic E-state index is 6.17. The minimum Gasteiger partial charge on any atom is -0.355 e. The molecular formula is C13H17ClO2. The molecule has 0 N–H and O–H groups in total. The maximum atomic E-state index is 6.17. The van der Waals surface area contributed by atoms with Gasteiger partial charge in [0.25, 0.3) is 0 Å². The normalized spacial score (nSPS) is 17.7. The van der Waals surface area contributed by atoms with Crippen LogP contribution in [0.4, 0.5) is 0 Å². The van der Waals surface area contributed by atoms with E-state index in [1.807, 2.05) is 6.07 Å². The Kier molecular flexibility index (Phi) is 3.85. The van der Waals surface area contributed by atoms with Crippen molar-refractivity contribution in [3.05, 3.63) is 33.8 Å². The Labute approximate surface area is 102 Å². The zero-order valence-corrected chi connectivity index (χ0v) is 10.5. The molecule has 0 bridgehead atoms. The van der Waals surface area contributed by atoms with E-state index in [4.69, 9.17) is 21.1 Å². The number of aryl methyl sites for hydroxylation is 1. The first-order chi connectivity index (χ1) is 7.66. The molecule has 88 valence electrons. The van der Waals surface area contributed by atoms with Crippen LogP contribution in [0.1, 0.15) is 16.7 Å². The van der Waals surface area contributed by atoms with Crippen LogP contribution in [0.25, 0.3) is 0 Å². The highest BCUT2D eigenvalue weighted by molar-refractivity contribution is 6.31. The van der Waals surface area contributed by atoms with Gasteiger partial charge in [0.15, 0.2) is 0 Å². The van der Waals surface area contributed by atoms with Gasteiger partial charge in [-0.1, -0.05) is 17.7 Å². The molecule has 0 radical (unpaired) electrons. The topological polar surface area (TPSA) is 18.5 Å². The van der Waals surface area contributed by atoms with Crippen molar-refractivity contribution in [2.24, 2.45) is 5.92 Å². The second-order valence-corrected chi connectivity index (χ2v) is 4.87. The average Bonchev–Trinajstić information content (AvgIpc) is 2.27. The zero-order valence-electron chi connectivity index (χ0n) is 9.75. The Morgan fingerprint density at radius 1 is 1.25 bits per heavy atom. The Morgan fingerprint density at radius 2 is 1.94 bits per heavy atom. The lowest BCUT2D eigenvalue weighted by Gasteiger charge is -2.23. The zero-order chi connectivity index (χ0) is 11.5. The van der Waals surface area contributed by atoms with Gasteiger partial charge in [0.2, 0.25) is 0 Å². The van der Waals surface area contributed by atoms with Crippen molar-refractivity contribution in [3.63, 3.8) is 0 Å². The van der Waals surface area contributed by atoms with Crippen LogP contribution in [0.5, 0.6) is 0 Å². The molecule has 3 heteroatoms. The van der Waals surface area contributed by atoms with E-state index in [0.29, 0.717) is 12.7 Å². The summed E-state index contributed by atoms with van der Waals surface area (Å²) in [7, 11) is 0. The monoisotopic (exact) mass is 240 g/mol. The summed E-state index contributed by atoms with van der Waals surface area (Å²) in [6.07, 6.45) is 0.979. The molecule has 2 nitrogen and oxygen atoms in total. The van der Waals surface area contributed by atoms with E-state index in [9.17, 15) is 0 Å². The van der Waals surface area contributed by atoms with Crippen LogP contribution in [0, 0.1) is 19.8 Å². The van der Waals surface area contributed by atoms with Crippen molar-refractivity contribution in [2.45, 2.75) is 20.3 Å². The number of hydrogen-bond donors (Lipinski definition) is 0. The number of rotatable bonds is 2. The van der Waals surface area contributed by atoms with Crippen LogP contribution in [0.3, 0.4) is 0 Å². The van der Waals surface area contributed by atoms with Gasteiger partial charge in [-0.05, 0) is 43.0 Å². The van der Waals surface area contributed by atoms with Gasteiger partial charge in [-0.3, -0.25) is 0 Å². The first-order valence-corrected chi connectivity index (χ1v) is 5.95. The largest absolute Gasteiger partial charge is 0.355 e. The molecule has 1 heterocycles. The third-order valence-corrected chi connectivity index (χ3v) is 3.37. The minimum atomic E-state index is 0.435. The highest BCUT2D eigenvalue weighted by Gasteiger charge is 2.16. The molecule has 0 aromatic heterocycles. The van der Waals surface area contributed by atoms with E-state index < -0.39 is 0 Å². The van der Waals surface area contributed by atoms with Crippen LogP contribution in [-0.4, -0.2) is 20.0 Å². The van der Waals surface area contributed by atoms with Crippen LogP contribution in [0.15, 0.2) is 12.1 Å². The van der Waals surface area contributed by atoms with Crippen molar-refractivity contribution >= 4 is 11.6 Å². The third kappa shape index (κ3) is 2.76. The maximum Gasteiger partial charge on any atom is 0.146 e. The van der Waals surface area contributed by atoms with Gasteiger partial charge in [-0.2, -0.15) is 0 Å². The van der Waals surface area contributed by atoms with Crippen molar-refractivity contribution < 1.29 is 9.47 Å². The van der Waals surface area contributed by atoms with Gasteiger partial charge >= 0.3 is 0 Å². The molecule has 0 unspecified atom stereocenters. The quantitative estimate of drug-likeness (QED) is 0.791. The molecule has 0 spiro atoms. The molecular weight excluding hydrogens is 224 g/mol. The summed E-state index contributed by atoms with van der Waals surface area (Å²) < 4.78 is 10.6. The highest BCUT2D eigenvalue weighted by Crippen LogP contribution is 2.24. The van der Waals surface area contributed by atoms with E-state index >= 15 is 0 Å². The molecule has 1 aromatic rings. The molecule has 0 amide bonds. The molecule has 1 aliphatic rings. The van der Waals surface area contributed by atoms with E-state index in [0.717, 1.165) is 24.7 Å².